The first-order valence-electron chi connectivity index (χ1n) is 10.2. The average Bonchev–Trinajstić information content (AvgIpc) is 3.26. The Morgan fingerprint density at radius 2 is 1.79 bits per heavy atom. The van der Waals surface area contributed by atoms with E-state index in [1.54, 1.807) is 19.2 Å². The number of phenolic OH excluding ortho intramolecular Hbond substituents is 1. The van der Waals surface area contributed by atoms with Gasteiger partial charge in [0, 0.05) is 34.5 Å². The molecule has 0 aliphatic rings. The molecular weight excluding hydrogens is 438 g/mol. The highest BCUT2D eigenvalue weighted by Gasteiger charge is 2.17. The number of para-hydroxylation sites is 1. The molecule has 164 valence electrons. The zero-order chi connectivity index (χ0) is 22.8. The summed E-state index contributed by atoms with van der Waals surface area (Å²) in [6.45, 7) is 0. The van der Waals surface area contributed by atoms with Gasteiger partial charge in [-0.05, 0) is 54.1 Å². The van der Waals surface area contributed by atoms with Gasteiger partial charge in [-0.3, -0.25) is 4.57 Å². The minimum absolute atomic E-state index is 0.0448. The summed E-state index contributed by atoms with van der Waals surface area (Å²) in [5.41, 5.74) is 2.51. The van der Waals surface area contributed by atoms with Gasteiger partial charge in [0.15, 0.2) is 11.0 Å². The summed E-state index contributed by atoms with van der Waals surface area (Å²) in [6, 6.07) is 23.8. The molecule has 3 aromatic carbocycles. The van der Waals surface area contributed by atoms with E-state index in [4.69, 9.17) is 9.15 Å². The van der Waals surface area contributed by atoms with E-state index in [1.807, 2.05) is 59.2 Å². The third-order valence-electron chi connectivity index (χ3n) is 5.17. The van der Waals surface area contributed by atoms with Crippen LogP contribution in [0, 0.1) is 0 Å². The van der Waals surface area contributed by atoms with E-state index in [-0.39, 0.29) is 5.75 Å². The van der Waals surface area contributed by atoms with Crippen LogP contribution >= 0.6 is 11.8 Å². The van der Waals surface area contributed by atoms with Crippen LogP contribution in [0.25, 0.3) is 28.0 Å². The summed E-state index contributed by atoms with van der Waals surface area (Å²) in [7, 11) is 1.63. The third-order valence-corrected chi connectivity index (χ3v) is 6.14. The number of hydrogen-bond donors (Lipinski definition) is 1. The van der Waals surface area contributed by atoms with Crippen molar-refractivity contribution in [3.63, 3.8) is 0 Å². The fourth-order valence-electron chi connectivity index (χ4n) is 3.58. The predicted molar refractivity (Wildman–Crippen MR) is 127 cm³/mol. The number of aromatic hydroxyl groups is 1. The molecular formula is C25H19N3O4S. The lowest BCUT2D eigenvalue weighted by Gasteiger charge is -2.11. The molecule has 2 aromatic heterocycles. The molecule has 0 radical (unpaired) electrons. The van der Waals surface area contributed by atoms with Gasteiger partial charge < -0.3 is 14.3 Å². The topological polar surface area (TPSA) is 90.4 Å². The molecule has 0 bridgehead atoms. The molecule has 33 heavy (non-hydrogen) atoms. The molecule has 0 fully saturated rings. The smallest absolute Gasteiger partial charge is 0.336 e. The summed E-state index contributed by atoms with van der Waals surface area (Å²) >= 11 is 1.47. The van der Waals surface area contributed by atoms with Crippen molar-refractivity contribution in [2.45, 2.75) is 10.9 Å². The maximum Gasteiger partial charge on any atom is 0.336 e. The average molecular weight is 458 g/mol. The molecule has 0 atom stereocenters. The number of aromatic nitrogens is 3. The first-order chi connectivity index (χ1) is 16.1. The highest BCUT2D eigenvalue weighted by atomic mass is 32.2. The first kappa shape index (κ1) is 20.8. The van der Waals surface area contributed by atoms with Crippen molar-refractivity contribution in [1.82, 2.24) is 14.8 Å². The highest BCUT2D eigenvalue weighted by molar-refractivity contribution is 7.98. The van der Waals surface area contributed by atoms with E-state index in [1.165, 1.54) is 23.9 Å². The van der Waals surface area contributed by atoms with Crippen molar-refractivity contribution in [3.8, 4) is 28.6 Å². The number of thioether (sulfide) groups is 1. The quantitative estimate of drug-likeness (QED) is 0.282. The molecule has 8 heteroatoms. The number of phenols is 1. The van der Waals surface area contributed by atoms with Crippen LogP contribution in [-0.2, 0) is 5.75 Å². The second-order valence-corrected chi connectivity index (χ2v) is 8.21. The highest BCUT2D eigenvalue weighted by Crippen LogP contribution is 2.32. The van der Waals surface area contributed by atoms with Crippen LogP contribution in [0.15, 0.2) is 93.2 Å². The number of rotatable bonds is 6. The molecule has 0 saturated carbocycles. The number of methoxy groups -OCH3 is 1. The molecule has 5 rings (SSSR count). The second kappa shape index (κ2) is 8.84. The van der Waals surface area contributed by atoms with Crippen LogP contribution in [0.3, 0.4) is 0 Å². The SMILES string of the molecule is COc1ccc(-c2nnc(SCc3cc(=O)oc4cc(O)ccc34)n2-c2ccccc2)cc1. The largest absolute Gasteiger partial charge is 0.508 e. The Kier molecular flexibility index (Phi) is 5.58. The van der Waals surface area contributed by atoms with Crippen molar-refractivity contribution >= 4 is 22.7 Å². The Bertz CT molecular complexity index is 1480. The van der Waals surface area contributed by atoms with Crippen molar-refractivity contribution in [2.24, 2.45) is 0 Å². The molecule has 0 aliphatic heterocycles. The fourth-order valence-corrected chi connectivity index (χ4v) is 4.52. The molecule has 0 amide bonds. The molecule has 2 heterocycles. The Hall–Kier alpha value is -4.04. The molecule has 0 unspecified atom stereocenters. The molecule has 0 saturated heterocycles. The number of benzene rings is 3. The second-order valence-electron chi connectivity index (χ2n) is 7.27. The van der Waals surface area contributed by atoms with E-state index in [0.29, 0.717) is 22.3 Å². The Morgan fingerprint density at radius 1 is 1.00 bits per heavy atom. The lowest BCUT2D eigenvalue weighted by molar-refractivity contribution is 0.415. The monoisotopic (exact) mass is 457 g/mol. The lowest BCUT2D eigenvalue weighted by Crippen LogP contribution is -2.02. The van der Waals surface area contributed by atoms with Crippen LogP contribution in [0.5, 0.6) is 11.5 Å². The minimum Gasteiger partial charge on any atom is -0.508 e. The maximum atomic E-state index is 12.1. The third kappa shape index (κ3) is 4.20. The molecule has 5 aromatic rings. The van der Waals surface area contributed by atoms with Crippen LogP contribution in [-0.4, -0.2) is 27.0 Å². The van der Waals surface area contributed by atoms with Gasteiger partial charge in [-0.2, -0.15) is 0 Å². The summed E-state index contributed by atoms with van der Waals surface area (Å²) in [4.78, 5) is 12.1. The first-order valence-corrected chi connectivity index (χ1v) is 11.1. The van der Waals surface area contributed by atoms with Gasteiger partial charge in [0.2, 0.25) is 0 Å². The van der Waals surface area contributed by atoms with Gasteiger partial charge in [-0.25, -0.2) is 4.79 Å². The Labute approximate surface area is 193 Å². The molecule has 0 aliphatic carbocycles. The summed E-state index contributed by atoms with van der Waals surface area (Å²) in [5, 5.41) is 20.1. The Balaban J connectivity index is 1.55. The van der Waals surface area contributed by atoms with E-state index in [2.05, 4.69) is 10.2 Å². The standard InChI is InChI=1S/C25H19N3O4S/c1-31-20-10-7-16(8-11-20)24-26-27-25(28(24)18-5-3-2-4-6-18)33-15-17-13-23(30)32-22-14-19(29)9-12-21(17)22/h2-14,29H,15H2,1H3. The molecule has 7 nitrogen and oxygen atoms in total. The summed E-state index contributed by atoms with van der Waals surface area (Å²) in [6.07, 6.45) is 0. The van der Waals surface area contributed by atoms with Crippen molar-refractivity contribution < 1.29 is 14.3 Å². The zero-order valence-electron chi connectivity index (χ0n) is 17.6. The number of hydrogen-bond acceptors (Lipinski definition) is 7. The zero-order valence-corrected chi connectivity index (χ0v) is 18.5. The van der Waals surface area contributed by atoms with E-state index < -0.39 is 5.63 Å². The molecule has 0 spiro atoms. The van der Waals surface area contributed by atoms with Gasteiger partial charge in [0.05, 0.1) is 7.11 Å². The van der Waals surface area contributed by atoms with E-state index in [0.717, 1.165) is 28.0 Å². The van der Waals surface area contributed by atoms with Crippen LogP contribution in [0.1, 0.15) is 5.56 Å². The fraction of sp³-hybridized carbons (Fsp3) is 0.0800. The minimum atomic E-state index is -0.466. The van der Waals surface area contributed by atoms with Gasteiger partial charge >= 0.3 is 5.63 Å². The van der Waals surface area contributed by atoms with Crippen molar-refractivity contribution in [3.05, 3.63) is 94.8 Å². The summed E-state index contributed by atoms with van der Waals surface area (Å²) in [5.74, 6) is 1.98. The summed E-state index contributed by atoms with van der Waals surface area (Å²) < 4.78 is 12.5. The van der Waals surface area contributed by atoms with Crippen molar-refractivity contribution in [2.75, 3.05) is 7.11 Å². The van der Waals surface area contributed by atoms with Gasteiger partial charge in [0.25, 0.3) is 0 Å². The number of fused-ring (bicyclic) bond motifs is 1. The van der Waals surface area contributed by atoms with Crippen LogP contribution in [0.4, 0.5) is 0 Å². The molecule has 1 N–H and O–H groups in total. The maximum absolute atomic E-state index is 12.1. The number of nitrogens with zero attached hydrogens (tertiary/aromatic N) is 3. The lowest BCUT2D eigenvalue weighted by atomic mass is 10.1. The predicted octanol–water partition coefficient (Wildman–Crippen LogP) is 5.05. The van der Waals surface area contributed by atoms with E-state index >= 15 is 0 Å². The van der Waals surface area contributed by atoms with Gasteiger partial charge in [-0.15, -0.1) is 10.2 Å². The van der Waals surface area contributed by atoms with Crippen molar-refractivity contribution in [1.29, 1.82) is 0 Å². The van der Waals surface area contributed by atoms with Crippen LogP contribution < -0.4 is 10.4 Å². The van der Waals surface area contributed by atoms with Gasteiger partial charge in [-0.1, -0.05) is 30.0 Å². The van der Waals surface area contributed by atoms with E-state index in [9.17, 15) is 9.90 Å². The normalized spacial score (nSPS) is 11.1. The van der Waals surface area contributed by atoms with Gasteiger partial charge in [0.1, 0.15) is 17.1 Å². The Morgan fingerprint density at radius 3 is 2.55 bits per heavy atom. The number of ether oxygens (including phenoxy) is 1. The van der Waals surface area contributed by atoms with Crippen LogP contribution in [0.2, 0.25) is 0 Å².